The molecule has 3 aromatic rings. The van der Waals surface area contributed by atoms with Gasteiger partial charge in [-0.05, 0) is 69.7 Å². The number of anilines is 2. The smallest absolute Gasteiger partial charge is 0.261 e. The van der Waals surface area contributed by atoms with E-state index in [4.69, 9.17) is 16.3 Å². The van der Waals surface area contributed by atoms with Gasteiger partial charge in [-0.15, -0.1) is 10.2 Å². The first-order valence-electron chi connectivity index (χ1n) is 10.9. The summed E-state index contributed by atoms with van der Waals surface area (Å²) in [6.07, 6.45) is 0. The van der Waals surface area contributed by atoms with Gasteiger partial charge in [-0.25, -0.2) is 8.42 Å². The fraction of sp³-hybridized carbons (Fsp3) is 0.280. The SMILES string of the molecule is CCN(CC)c1cc(NS(=O)(=O)c2ccc(C)cc2)c(N=Nc2cc(C)ccc2OC)cc1Cl.[Ni]. The van der Waals surface area contributed by atoms with Crippen LogP contribution in [-0.2, 0) is 26.5 Å². The molecule has 0 radical (unpaired) electrons. The van der Waals surface area contributed by atoms with Gasteiger partial charge in [-0.1, -0.05) is 35.4 Å². The fourth-order valence-electron chi connectivity index (χ4n) is 3.43. The van der Waals surface area contributed by atoms with E-state index in [9.17, 15) is 8.42 Å². The Morgan fingerprint density at radius 2 is 1.51 bits per heavy atom. The number of methoxy groups -OCH3 is 1. The zero-order valence-electron chi connectivity index (χ0n) is 20.3. The molecule has 0 aliphatic heterocycles. The van der Waals surface area contributed by atoms with Crippen molar-refractivity contribution in [2.24, 2.45) is 10.2 Å². The van der Waals surface area contributed by atoms with Crippen LogP contribution in [0.4, 0.5) is 22.7 Å². The van der Waals surface area contributed by atoms with Crippen LogP contribution in [0.5, 0.6) is 5.75 Å². The van der Waals surface area contributed by atoms with E-state index in [1.165, 1.54) is 0 Å². The largest absolute Gasteiger partial charge is 0.494 e. The Balaban J connectivity index is 0.00000432. The van der Waals surface area contributed by atoms with Crippen LogP contribution in [0.25, 0.3) is 0 Å². The molecule has 0 bridgehead atoms. The van der Waals surface area contributed by atoms with Gasteiger partial charge in [0.25, 0.3) is 10.0 Å². The molecule has 190 valence electrons. The molecule has 0 saturated carbocycles. The summed E-state index contributed by atoms with van der Waals surface area (Å²) >= 11 is 6.58. The van der Waals surface area contributed by atoms with Crippen LogP contribution in [0, 0.1) is 13.8 Å². The number of hydrogen-bond acceptors (Lipinski definition) is 6. The van der Waals surface area contributed by atoms with Gasteiger partial charge in [-0.2, -0.15) is 0 Å². The Hall–Kier alpha value is -2.61. The van der Waals surface area contributed by atoms with Gasteiger partial charge in [0.1, 0.15) is 17.1 Å². The summed E-state index contributed by atoms with van der Waals surface area (Å²) < 4.78 is 34.3. The number of sulfonamides is 1. The number of azo groups is 1. The van der Waals surface area contributed by atoms with Crippen molar-refractivity contribution in [1.82, 2.24) is 0 Å². The number of halogens is 1. The Labute approximate surface area is 222 Å². The van der Waals surface area contributed by atoms with Crippen molar-refractivity contribution in [3.8, 4) is 5.75 Å². The third kappa shape index (κ3) is 6.97. The predicted octanol–water partition coefficient (Wildman–Crippen LogP) is 7.03. The van der Waals surface area contributed by atoms with Crippen LogP contribution in [0.15, 0.2) is 69.7 Å². The van der Waals surface area contributed by atoms with Crippen LogP contribution in [0.2, 0.25) is 5.02 Å². The van der Waals surface area contributed by atoms with Crippen LogP contribution >= 0.6 is 11.6 Å². The average Bonchev–Trinajstić information content (AvgIpc) is 2.80. The van der Waals surface area contributed by atoms with Crippen molar-refractivity contribution in [3.63, 3.8) is 0 Å². The van der Waals surface area contributed by atoms with E-state index in [0.717, 1.165) is 11.1 Å². The maximum absolute atomic E-state index is 13.1. The molecule has 0 aliphatic rings. The molecule has 0 amide bonds. The summed E-state index contributed by atoms with van der Waals surface area (Å²) in [6.45, 7) is 9.28. The molecule has 0 aliphatic carbocycles. The van der Waals surface area contributed by atoms with Gasteiger partial charge in [0.05, 0.1) is 28.4 Å². The van der Waals surface area contributed by atoms with Crippen molar-refractivity contribution in [2.45, 2.75) is 32.6 Å². The molecule has 0 spiro atoms. The van der Waals surface area contributed by atoms with E-state index in [2.05, 4.69) is 15.0 Å². The maximum Gasteiger partial charge on any atom is 0.261 e. The van der Waals surface area contributed by atoms with Gasteiger partial charge in [0.2, 0.25) is 0 Å². The van der Waals surface area contributed by atoms with Crippen LogP contribution < -0.4 is 14.4 Å². The molecule has 0 atom stereocenters. The Morgan fingerprint density at radius 1 is 0.914 bits per heavy atom. The van der Waals surface area contributed by atoms with Crippen molar-refractivity contribution in [2.75, 3.05) is 29.8 Å². The van der Waals surface area contributed by atoms with E-state index in [0.29, 0.717) is 40.9 Å². The van der Waals surface area contributed by atoms with Gasteiger partial charge >= 0.3 is 0 Å². The number of rotatable bonds is 9. The second-order valence-electron chi connectivity index (χ2n) is 7.79. The number of nitrogens with one attached hydrogen (secondary N) is 1. The minimum atomic E-state index is -3.86. The first-order valence-corrected chi connectivity index (χ1v) is 12.8. The molecule has 7 nitrogen and oxygen atoms in total. The molecular formula is C25H29ClN4NiO3S. The molecular weight excluding hydrogens is 531 g/mol. The first kappa shape index (κ1) is 28.6. The summed E-state index contributed by atoms with van der Waals surface area (Å²) in [5, 5.41) is 9.13. The number of aryl methyl sites for hydroxylation is 2. The Morgan fingerprint density at radius 3 is 2.11 bits per heavy atom. The molecule has 0 fully saturated rings. The molecule has 0 saturated heterocycles. The van der Waals surface area contributed by atoms with Crippen LogP contribution in [0.3, 0.4) is 0 Å². The van der Waals surface area contributed by atoms with Gasteiger partial charge in [0.15, 0.2) is 0 Å². The maximum atomic E-state index is 13.1. The summed E-state index contributed by atoms with van der Waals surface area (Å²) in [7, 11) is -2.31. The second kappa shape index (κ2) is 12.4. The third-order valence-electron chi connectivity index (χ3n) is 5.34. The molecule has 0 aromatic heterocycles. The normalized spacial score (nSPS) is 11.3. The van der Waals surface area contributed by atoms with E-state index in [1.807, 2.05) is 44.7 Å². The van der Waals surface area contributed by atoms with Gasteiger partial charge < -0.3 is 9.64 Å². The third-order valence-corrected chi connectivity index (χ3v) is 7.03. The van der Waals surface area contributed by atoms with E-state index in [-0.39, 0.29) is 27.1 Å². The number of hydrogen-bond donors (Lipinski definition) is 1. The number of nitrogens with zero attached hydrogens (tertiary/aromatic N) is 3. The Kier molecular flexibility index (Phi) is 10.1. The molecule has 1 N–H and O–H groups in total. The number of benzene rings is 3. The predicted molar refractivity (Wildman–Crippen MR) is 139 cm³/mol. The van der Waals surface area contributed by atoms with Crippen LogP contribution in [-0.4, -0.2) is 28.6 Å². The van der Waals surface area contributed by atoms with E-state index in [1.54, 1.807) is 49.6 Å². The standard InChI is InChI=1S/C25H29ClN4O3S.Ni/c1-6-30(7-2)24-16-22(29-34(31,32)19-11-8-17(3)9-12-19)21(15-20(24)26)27-28-23-14-18(4)10-13-25(23)33-5;/h8-16,29H,6-7H2,1-5H3;. The molecule has 0 unspecified atom stereocenters. The zero-order chi connectivity index (χ0) is 24.9. The quantitative estimate of drug-likeness (QED) is 0.225. The summed E-state index contributed by atoms with van der Waals surface area (Å²) in [6, 6.07) is 15.5. The molecule has 3 rings (SSSR count). The first-order chi connectivity index (χ1) is 16.2. The van der Waals surface area contributed by atoms with Crippen molar-refractivity contribution < 1.29 is 29.6 Å². The topological polar surface area (TPSA) is 83.4 Å². The molecule has 10 heteroatoms. The molecule has 0 heterocycles. The van der Waals surface area contributed by atoms with Crippen LogP contribution in [0.1, 0.15) is 25.0 Å². The van der Waals surface area contributed by atoms with Crippen molar-refractivity contribution in [3.05, 3.63) is 70.7 Å². The average molecular weight is 560 g/mol. The van der Waals surface area contributed by atoms with E-state index >= 15 is 0 Å². The Bertz CT molecular complexity index is 1290. The molecule has 35 heavy (non-hydrogen) atoms. The summed E-state index contributed by atoms with van der Waals surface area (Å²) in [5.41, 5.74) is 3.77. The van der Waals surface area contributed by atoms with Gasteiger partial charge in [-0.3, -0.25) is 4.72 Å². The minimum absolute atomic E-state index is 0. The monoisotopic (exact) mass is 558 g/mol. The second-order valence-corrected chi connectivity index (χ2v) is 9.88. The summed E-state index contributed by atoms with van der Waals surface area (Å²) in [5.74, 6) is 0.557. The van der Waals surface area contributed by atoms with Crippen molar-refractivity contribution >= 4 is 44.4 Å². The molecule has 3 aromatic carbocycles. The zero-order valence-corrected chi connectivity index (χ0v) is 22.8. The fourth-order valence-corrected chi connectivity index (χ4v) is 4.77. The number of ether oxygens (including phenoxy) is 1. The minimum Gasteiger partial charge on any atom is -0.494 e. The van der Waals surface area contributed by atoms with Crippen molar-refractivity contribution in [1.29, 1.82) is 0 Å². The summed E-state index contributed by atoms with van der Waals surface area (Å²) in [4.78, 5) is 2.19. The van der Waals surface area contributed by atoms with Gasteiger partial charge in [0, 0.05) is 29.6 Å². The van der Waals surface area contributed by atoms with E-state index < -0.39 is 10.0 Å².